The summed E-state index contributed by atoms with van der Waals surface area (Å²) in [4.78, 5) is 0. The molecule has 0 aromatic heterocycles. The molecule has 2 aromatic rings. The van der Waals surface area contributed by atoms with Crippen molar-refractivity contribution >= 4 is 28.0 Å². The van der Waals surface area contributed by atoms with Crippen LogP contribution >= 0.6 is 15.8 Å². The van der Waals surface area contributed by atoms with Gasteiger partial charge < -0.3 is 24.8 Å². The van der Waals surface area contributed by atoms with Gasteiger partial charge >= 0.3 is 228 Å². The van der Waals surface area contributed by atoms with Crippen LogP contribution < -0.4 is 24.8 Å². The van der Waals surface area contributed by atoms with Gasteiger partial charge in [0, 0.05) is 0 Å². The van der Waals surface area contributed by atoms with Crippen LogP contribution in [-0.2, 0) is 19.2 Å². The van der Waals surface area contributed by atoms with Crippen LogP contribution in [0.1, 0.15) is 95.9 Å². The maximum atomic E-state index is 2.68. The van der Waals surface area contributed by atoms with Crippen LogP contribution in [0.25, 0.3) is 12.2 Å². The van der Waals surface area contributed by atoms with Gasteiger partial charge in [-0.05, 0) is 0 Å². The zero-order valence-corrected chi connectivity index (χ0v) is 28.0. The Bertz CT molecular complexity index is 1020. The summed E-state index contributed by atoms with van der Waals surface area (Å²) >= 11 is -0.237. The van der Waals surface area contributed by atoms with Crippen molar-refractivity contribution in [3.63, 3.8) is 0 Å². The first kappa shape index (κ1) is 33.3. The summed E-state index contributed by atoms with van der Waals surface area (Å²) in [5.74, 6) is 0. The molecule has 0 bridgehead atoms. The van der Waals surface area contributed by atoms with Crippen molar-refractivity contribution in [2.45, 2.75) is 73.7 Å². The first-order valence-corrected chi connectivity index (χ1v) is 19.7. The minimum absolute atomic E-state index is 0. The van der Waals surface area contributed by atoms with Gasteiger partial charge in [0.15, 0.2) is 0 Å². The van der Waals surface area contributed by atoms with E-state index in [4.69, 9.17) is 0 Å². The minimum Gasteiger partial charge on any atom is -1.00 e. The molecule has 2 aromatic carbocycles. The minimum atomic E-state index is -0.237. The molecule has 5 heteroatoms. The number of halogens is 2. The van der Waals surface area contributed by atoms with Gasteiger partial charge in [-0.1, -0.05) is 0 Å². The van der Waals surface area contributed by atoms with E-state index >= 15 is 0 Å². The van der Waals surface area contributed by atoms with Crippen LogP contribution in [0.15, 0.2) is 59.2 Å². The van der Waals surface area contributed by atoms with Crippen molar-refractivity contribution in [3.8, 4) is 0 Å². The SMILES string of the molecule is CCCCCCP(CCCCCC)C1=Cc2ccccc2[CH]1[Ti+2][CH]1C(P(C)C)=Cc2ccccc21.[Cl-].[Cl-]. The molecule has 0 nitrogen and oxygen atoms in total. The van der Waals surface area contributed by atoms with Crippen molar-refractivity contribution in [3.05, 3.63) is 81.4 Å². The van der Waals surface area contributed by atoms with E-state index in [0.717, 1.165) is 4.22 Å². The van der Waals surface area contributed by atoms with E-state index in [1.807, 2.05) is 5.31 Å². The van der Waals surface area contributed by atoms with Gasteiger partial charge in [0.05, 0.1) is 0 Å². The summed E-state index contributed by atoms with van der Waals surface area (Å²) in [6, 6.07) is 18.7. The first-order chi connectivity index (χ1) is 17.1. The fourth-order valence-corrected chi connectivity index (χ4v) is 14.8. The Labute approximate surface area is 251 Å². The zero-order valence-electron chi connectivity index (χ0n) is 23.1. The molecule has 0 aliphatic heterocycles. The number of hydrogen-bond donors (Lipinski definition) is 0. The summed E-state index contributed by atoms with van der Waals surface area (Å²) < 4.78 is 1.44. The number of allylic oxidation sites excluding steroid dienone is 2. The molecule has 2 aliphatic carbocycles. The molecule has 0 saturated heterocycles. The summed E-state index contributed by atoms with van der Waals surface area (Å²) in [6.45, 7) is 9.62. The predicted molar refractivity (Wildman–Crippen MR) is 158 cm³/mol. The Morgan fingerprint density at radius 2 is 1.08 bits per heavy atom. The Balaban J connectivity index is 0.00000241. The standard InChI is InChI=1S/C21H32P.C11H12P.2ClH.Ti/c1-3-5-7-11-15-22(16-12-8-6-4-2)21-17-19-13-9-10-14-20(19)18-21;1-12(2)11-7-9-5-3-4-6-10(9)8-11;;;/h9-10,13-14,17-18H,3-8,11-12,15-16H2,1-2H3;3-8H,1-2H3;2*1H;/q;;;;+2/p-2. The summed E-state index contributed by atoms with van der Waals surface area (Å²) in [6.07, 6.45) is 19.4. The van der Waals surface area contributed by atoms with Crippen molar-refractivity contribution in [1.29, 1.82) is 0 Å². The zero-order chi connectivity index (χ0) is 24.6. The second-order valence-electron chi connectivity index (χ2n) is 10.4. The van der Waals surface area contributed by atoms with Gasteiger partial charge in [-0.3, -0.25) is 0 Å². The predicted octanol–water partition coefficient (Wildman–Crippen LogP) is 4.65. The van der Waals surface area contributed by atoms with Gasteiger partial charge in [0.1, 0.15) is 0 Å². The molecule has 4 rings (SSSR count). The van der Waals surface area contributed by atoms with Crippen molar-refractivity contribution in [1.82, 2.24) is 0 Å². The molecule has 0 spiro atoms. The molecule has 2 atom stereocenters. The summed E-state index contributed by atoms with van der Waals surface area (Å²) in [5, 5.41) is 3.65. The monoisotopic (exact) mass is 608 g/mol. The molecule has 0 heterocycles. The van der Waals surface area contributed by atoms with Crippen LogP contribution in [0.4, 0.5) is 0 Å². The van der Waals surface area contributed by atoms with E-state index in [2.05, 4.69) is 87.9 Å². The maximum absolute atomic E-state index is 2.68. The topological polar surface area (TPSA) is 0 Å². The number of rotatable bonds is 14. The van der Waals surface area contributed by atoms with Gasteiger partial charge in [-0.2, -0.15) is 0 Å². The number of hydrogen-bond acceptors (Lipinski definition) is 0. The van der Waals surface area contributed by atoms with Crippen LogP contribution in [0.5, 0.6) is 0 Å². The van der Waals surface area contributed by atoms with Crippen LogP contribution in [0.2, 0.25) is 0 Å². The molecular weight excluding hydrogens is 565 g/mol. The smallest absolute Gasteiger partial charge is 1.00 e. The Morgan fingerprint density at radius 3 is 1.57 bits per heavy atom. The van der Waals surface area contributed by atoms with Crippen LogP contribution in [0.3, 0.4) is 0 Å². The Kier molecular flexibility index (Phi) is 15.3. The molecule has 0 amide bonds. The normalized spacial score (nSPS) is 17.5. The van der Waals surface area contributed by atoms with E-state index in [1.165, 1.54) is 74.8 Å². The molecular formula is C32H44Cl2P2Ti. The second kappa shape index (κ2) is 17.0. The van der Waals surface area contributed by atoms with Crippen molar-refractivity contribution in [2.75, 3.05) is 25.7 Å². The Morgan fingerprint density at radius 1 is 0.622 bits per heavy atom. The third-order valence-corrected chi connectivity index (χ3v) is 15.6. The van der Waals surface area contributed by atoms with Crippen LogP contribution in [-0.4, -0.2) is 25.7 Å². The third kappa shape index (κ3) is 8.53. The molecule has 200 valence electrons. The Hall–Kier alpha value is 0.0743. The summed E-state index contributed by atoms with van der Waals surface area (Å²) in [7, 11) is -0.0731. The van der Waals surface area contributed by atoms with Gasteiger partial charge in [-0.15, -0.1) is 0 Å². The van der Waals surface area contributed by atoms with E-state index in [0.29, 0.717) is 4.22 Å². The second-order valence-corrected chi connectivity index (χ2v) is 17.6. The van der Waals surface area contributed by atoms with Gasteiger partial charge in [0.2, 0.25) is 0 Å². The van der Waals surface area contributed by atoms with E-state index < -0.39 is 0 Å². The molecule has 0 radical (unpaired) electrons. The largest absolute Gasteiger partial charge is 1.00 e. The quantitative estimate of drug-likeness (QED) is 0.166. The molecule has 37 heavy (non-hydrogen) atoms. The number of benzene rings is 2. The molecule has 2 unspecified atom stereocenters. The van der Waals surface area contributed by atoms with E-state index in [1.54, 1.807) is 16.4 Å². The molecule has 0 N–H and O–H groups in total. The average Bonchev–Trinajstić information content (AvgIpc) is 3.42. The van der Waals surface area contributed by atoms with Crippen molar-refractivity contribution < 1.29 is 44.0 Å². The fourth-order valence-electron chi connectivity index (χ4n) is 5.62. The maximum Gasteiger partial charge on any atom is -1.00 e. The number of fused-ring (bicyclic) bond motifs is 2. The average molecular weight is 609 g/mol. The van der Waals surface area contributed by atoms with Crippen molar-refractivity contribution in [2.24, 2.45) is 0 Å². The van der Waals surface area contributed by atoms with Crippen LogP contribution in [0, 0.1) is 0 Å². The molecule has 0 saturated carbocycles. The first-order valence-electron chi connectivity index (χ1n) is 13.9. The molecule has 0 fully saturated rings. The van der Waals surface area contributed by atoms with E-state index in [-0.39, 0.29) is 59.8 Å². The summed E-state index contributed by atoms with van der Waals surface area (Å²) in [5.41, 5.74) is 6.35. The van der Waals surface area contributed by atoms with E-state index in [9.17, 15) is 0 Å². The molecule has 2 aliphatic rings. The third-order valence-electron chi connectivity index (χ3n) is 7.59. The van der Waals surface area contributed by atoms with Gasteiger partial charge in [0.25, 0.3) is 0 Å². The van der Waals surface area contributed by atoms with Gasteiger partial charge in [-0.25, -0.2) is 0 Å². The fraction of sp³-hybridized carbons (Fsp3) is 0.500. The number of unbranched alkanes of at least 4 members (excludes halogenated alkanes) is 6.